The van der Waals surface area contributed by atoms with Gasteiger partial charge in [0.25, 0.3) is 0 Å². The Morgan fingerprint density at radius 3 is 2.61 bits per heavy atom. The van der Waals surface area contributed by atoms with Crippen molar-refractivity contribution < 1.29 is 4.79 Å². The maximum absolute atomic E-state index is 12.3. The first kappa shape index (κ1) is 15.6. The fourth-order valence-corrected chi connectivity index (χ4v) is 2.84. The third-order valence-electron chi connectivity index (χ3n) is 3.78. The zero-order chi connectivity index (χ0) is 16.2. The molecule has 0 fully saturated rings. The lowest BCUT2D eigenvalue weighted by Gasteiger charge is -2.15. The molecule has 1 aliphatic rings. The van der Waals surface area contributed by atoms with Crippen molar-refractivity contribution in [2.45, 2.75) is 25.9 Å². The van der Waals surface area contributed by atoms with Crippen molar-refractivity contribution in [3.8, 4) is 0 Å². The first-order valence-electron chi connectivity index (χ1n) is 7.50. The molecule has 0 spiro atoms. The van der Waals surface area contributed by atoms with Crippen molar-refractivity contribution in [2.24, 2.45) is 0 Å². The van der Waals surface area contributed by atoms with E-state index in [9.17, 15) is 4.79 Å². The highest BCUT2D eigenvalue weighted by molar-refractivity contribution is 6.29. The predicted octanol–water partition coefficient (Wildman–Crippen LogP) is 2.45. The van der Waals surface area contributed by atoms with Gasteiger partial charge in [-0.05, 0) is 17.5 Å². The van der Waals surface area contributed by atoms with Crippen molar-refractivity contribution in [1.29, 1.82) is 0 Å². The maximum atomic E-state index is 12.3. The molecule has 1 aliphatic heterocycles. The third kappa shape index (κ3) is 3.90. The Labute approximate surface area is 139 Å². The van der Waals surface area contributed by atoms with Crippen LogP contribution in [0.1, 0.15) is 24.0 Å². The summed E-state index contributed by atoms with van der Waals surface area (Å²) >= 11 is 5.81. The van der Waals surface area contributed by atoms with E-state index in [0.29, 0.717) is 43.4 Å². The summed E-state index contributed by atoms with van der Waals surface area (Å²) < 4.78 is 0. The van der Waals surface area contributed by atoms with Crippen molar-refractivity contribution >= 4 is 29.3 Å². The van der Waals surface area contributed by atoms with Crippen molar-refractivity contribution in [3.63, 3.8) is 0 Å². The van der Waals surface area contributed by atoms with E-state index < -0.39 is 0 Å². The van der Waals surface area contributed by atoms with E-state index in [0.717, 1.165) is 0 Å². The minimum atomic E-state index is 0.130. The summed E-state index contributed by atoms with van der Waals surface area (Å²) in [5.41, 5.74) is 8.01. The molecule has 1 aromatic heterocycles. The van der Waals surface area contributed by atoms with E-state index in [1.165, 1.54) is 11.1 Å². The lowest BCUT2D eigenvalue weighted by atomic mass is 10.1. The molecule has 0 saturated carbocycles. The van der Waals surface area contributed by atoms with Crippen LogP contribution in [0.4, 0.5) is 11.8 Å². The fraction of sp³-hybridized carbons (Fsp3) is 0.312. The summed E-state index contributed by atoms with van der Waals surface area (Å²) in [6, 6.07) is 9.78. The van der Waals surface area contributed by atoms with Crippen molar-refractivity contribution in [1.82, 2.24) is 14.9 Å². The highest BCUT2D eigenvalue weighted by Crippen LogP contribution is 2.23. The molecular formula is C16H18ClN5O. The van der Waals surface area contributed by atoms with Gasteiger partial charge in [-0.3, -0.25) is 4.79 Å². The van der Waals surface area contributed by atoms with Gasteiger partial charge in [-0.15, -0.1) is 0 Å². The average molecular weight is 332 g/mol. The van der Waals surface area contributed by atoms with Gasteiger partial charge in [0.15, 0.2) is 0 Å². The number of nitrogens with one attached hydrogen (secondary N) is 1. The molecule has 2 aromatic rings. The van der Waals surface area contributed by atoms with Gasteiger partial charge in [0, 0.05) is 32.1 Å². The summed E-state index contributed by atoms with van der Waals surface area (Å²) in [7, 11) is 0. The molecule has 1 aromatic carbocycles. The van der Waals surface area contributed by atoms with Gasteiger partial charge < -0.3 is 16.0 Å². The number of hydrogen-bond donors (Lipinski definition) is 2. The second-order valence-electron chi connectivity index (χ2n) is 5.48. The number of nitrogens with zero attached hydrogens (tertiary/aromatic N) is 3. The average Bonchev–Trinajstić information content (AvgIpc) is 2.94. The molecule has 3 rings (SSSR count). The summed E-state index contributed by atoms with van der Waals surface area (Å²) in [5.74, 6) is 0.873. The molecule has 3 N–H and O–H groups in total. The Morgan fingerprint density at radius 2 is 1.96 bits per heavy atom. The van der Waals surface area contributed by atoms with Crippen LogP contribution in [0.25, 0.3) is 0 Å². The monoisotopic (exact) mass is 331 g/mol. The molecule has 120 valence electrons. The van der Waals surface area contributed by atoms with Crippen LogP contribution in [0.3, 0.4) is 0 Å². The largest absolute Gasteiger partial charge is 0.370 e. The summed E-state index contributed by atoms with van der Waals surface area (Å²) in [5, 5.41) is 3.40. The number of fused-ring (bicyclic) bond motifs is 1. The normalized spacial score (nSPS) is 13.0. The van der Waals surface area contributed by atoms with E-state index in [4.69, 9.17) is 17.3 Å². The number of carbonyl (C=O) groups is 1. The predicted molar refractivity (Wildman–Crippen MR) is 89.9 cm³/mol. The molecule has 2 heterocycles. The van der Waals surface area contributed by atoms with E-state index in [1.54, 1.807) is 6.07 Å². The number of hydrogen-bond acceptors (Lipinski definition) is 5. The molecule has 0 aliphatic carbocycles. The van der Waals surface area contributed by atoms with E-state index in [2.05, 4.69) is 27.4 Å². The Morgan fingerprint density at radius 1 is 1.26 bits per heavy atom. The number of carbonyl (C=O) groups excluding carboxylic acids is 1. The number of nitrogen functional groups attached to an aromatic ring is 1. The van der Waals surface area contributed by atoms with Crippen LogP contribution < -0.4 is 11.1 Å². The van der Waals surface area contributed by atoms with Crippen molar-refractivity contribution in [3.05, 3.63) is 46.6 Å². The fourth-order valence-electron chi connectivity index (χ4n) is 2.65. The first-order valence-corrected chi connectivity index (χ1v) is 7.88. The SMILES string of the molecule is Nc1nc(Cl)cc(NCCCC(=O)N2Cc3ccccc3C2)n1. The number of aromatic nitrogens is 2. The molecule has 0 unspecified atom stereocenters. The zero-order valence-corrected chi connectivity index (χ0v) is 13.4. The van der Waals surface area contributed by atoms with Gasteiger partial charge in [0.2, 0.25) is 11.9 Å². The minimum absolute atomic E-state index is 0.130. The van der Waals surface area contributed by atoms with Crippen LogP contribution in [0.2, 0.25) is 5.15 Å². The molecule has 0 atom stereocenters. The molecule has 23 heavy (non-hydrogen) atoms. The molecular weight excluding hydrogens is 314 g/mol. The Hall–Kier alpha value is -2.34. The van der Waals surface area contributed by atoms with Gasteiger partial charge in [0.1, 0.15) is 11.0 Å². The van der Waals surface area contributed by atoms with Crippen LogP contribution in [-0.2, 0) is 17.9 Å². The second kappa shape index (κ2) is 6.83. The molecule has 6 nitrogen and oxygen atoms in total. The van der Waals surface area contributed by atoms with Gasteiger partial charge in [0.05, 0.1) is 0 Å². The Balaban J connectivity index is 1.44. The van der Waals surface area contributed by atoms with Gasteiger partial charge in [-0.2, -0.15) is 4.98 Å². The Kier molecular flexibility index (Phi) is 4.62. The van der Waals surface area contributed by atoms with Gasteiger partial charge in [-0.1, -0.05) is 35.9 Å². The smallest absolute Gasteiger partial charge is 0.223 e. The van der Waals surface area contributed by atoms with Crippen LogP contribution in [-0.4, -0.2) is 27.3 Å². The van der Waals surface area contributed by atoms with Gasteiger partial charge in [-0.25, -0.2) is 4.98 Å². The van der Waals surface area contributed by atoms with Gasteiger partial charge >= 0.3 is 0 Å². The second-order valence-corrected chi connectivity index (χ2v) is 5.87. The third-order valence-corrected chi connectivity index (χ3v) is 3.97. The quantitative estimate of drug-likeness (QED) is 0.649. The highest BCUT2D eigenvalue weighted by atomic mass is 35.5. The number of benzene rings is 1. The van der Waals surface area contributed by atoms with Crippen LogP contribution in [0.5, 0.6) is 0 Å². The van der Waals surface area contributed by atoms with E-state index >= 15 is 0 Å². The molecule has 0 radical (unpaired) electrons. The molecule has 1 amide bonds. The number of anilines is 2. The van der Waals surface area contributed by atoms with E-state index in [-0.39, 0.29) is 11.9 Å². The number of rotatable bonds is 5. The Bertz CT molecular complexity index is 676. The van der Waals surface area contributed by atoms with Crippen LogP contribution in [0.15, 0.2) is 30.3 Å². The molecule has 0 saturated heterocycles. The minimum Gasteiger partial charge on any atom is -0.370 e. The van der Waals surface area contributed by atoms with Crippen LogP contribution in [0, 0.1) is 0 Å². The van der Waals surface area contributed by atoms with Crippen LogP contribution >= 0.6 is 11.6 Å². The lowest BCUT2D eigenvalue weighted by molar-refractivity contribution is -0.131. The molecule has 7 heteroatoms. The molecule has 0 bridgehead atoms. The topological polar surface area (TPSA) is 84.1 Å². The standard InChI is InChI=1S/C16H18ClN5O/c17-13-8-14(21-16(18)20-13)19-7-3-6-15(23)22-9-11-4-1-2-5-12(11)10-22/h1-2,4-5,8H,3,6-7,9-10H2,(H3,18,19,20,21). The number of halogens is 1. The highest BCUT2D eigenvalue weighted by Gasteiger charge is 2.22. The van der Waals surface area contributed by atoms with E-state index in [1.807, 2.05) is 17.0 Å². The number of amides is 1. The number of nitrogens with two attached hydrogens (primary N) is 1. The summed E-state index contributed by atoms with van der Waals surface area (Å²) in [6.07, 6.45) is 1.21. The van der Waals surface area contributed by atoms with Crippen molar-refractivity contribution in [2.75, 3.05) is 17.6 Å². The lowest BCUT2D eigenvalue weighted by Crippen LogP contribution is -2.25. The summed E-state index contributed by atoms with van der Waals surface area (Å²) in [6.45, 7) is 2.04. The first-order chi connectivity index (χ1) is 11.1. The zero-order valence-electron chi connectivity index (χ0n) is 12.6. The summed E-state index contributed by atoms with van der Waals surface area (Å²) in [4.78, 5) is 22.0. The maximum Gasteiger partial charge on any atom is 0.223 e.